The molecule has 0 radical (unpaired) electrons. The lowest BCUT2D eigenvalue weighted by Gasteiger charge is -2.11. The number of aliphatic hydroxyl groups excluding tert-OH is 1. The molecule has 1 aromatic heterocycles. The number of nitrogens with zero attached hydrogens (tertiary/aromatic N) is 2. The van der Waals surface area contributed by atoms with Gasteiger partial charge in [0.2, 0.25) is 0 Å². The third kappa shape index (κ3) is 3.59. The molecule has 1 heterocycles. The van der Waals surface area contributed by atoms with Gasteiger partial charge in [-0.3, -0.25) is 4.79 Å². The Hall–Kier alpha value is -2.47. The number of nitrogens with one attached hydrogen (secondary N) is 1. The molecule has 6 heteroatoms. The van der Waals surface area contributed by atoms with Gasteiger partial charge in [0.25, 0.3) is 5.91 Å². The quantitative estimate of drug-likeness (QED) is 0.784. The van der Waals surface area contributed by atoms with Gasteiger partial charge in [-0.15, -0.1) is 0 Å². The molecule has 0 bridgehead atoms. The summed E-state index contributed by atoms with van der Waals surface area (Å²) in [5.41, 5.74) is 3.26. The van der Waals surface area contributed by atoms with E-state index in [1.807, 2.05) is 19.9 Å². The van der Waals surface area contributed by atoms with Crippen LogP contribution in [0.5, 0.6) is 0 Å². The van der Waals surface area contributed by atoms with Crippen molar-refractivity contribution in [3.05, 3.63) is 47.3 Å². The molecule has 1 aromatic carbocycles. The molecule has 0 spiro atoms. The van der Waals surface area contributed by atoms with Crippen LogP contribution in [-0.4, -0.2) is 39.7 Å². The first-order valence-electron chi connectivity index (χ1n) is 7.06. The fraction of sp³-hybridized carbons (Fsp3) is 0.312. The lowest BCUT2D eigenvalue weighted by Crippen LogP contribution is -2.36. The number of benzene rings is 1. The maximum absolute atomic E-state index is 12.0. The van der Waals surface area contributed by atoms with Crippen LogP contribution in [0.3, 0.4) is 0 Å². The fourth-order valence-electron chi connectivity index (χ4n) is 2.21. The zero-order valence-corrected chi connectivity index (χ0v) is 12.6. The second kappa shape index (κ2) is 7.00. The number of hydrogen-bond acceptors (Lipinski definition) is 4. The van der Waals surface area contributed by atoms with Crippen molar-refractivity contribution in [2.45, 2.75) is 26.3 Å². The number of hydrogen-bond donors (Lipinski definition) is 2. The predicted molar refractivity (Wildman–Crippen MR) is 82.1 cm³/mol. The summed E-state index contributed by atoms with van der Waals surface area (Å²) < 4.78 is 1.80. The summed E-state index contributed by atoms with van der Waals surface area (Å²) >= 11 is 0. The van der Waals surface area contributed by atoms with E-state index in [4.69, 9.17) is 5.11 Å². The van der Waals surface area contributed by atoms with Gasteiger partial charge in [0, 0.05) is 17.9 Å². The monoisotopic (exact) mass is 301 g/mol. The van der Waals surface area contributed by atoms with Crippen molar-refractivity contribution in [2.75, 3.05) is 6.61 Å². The first-order chi connectivity index (χ1) is 10.5. The van der Waals surface area contributed by atoms with E-state index in [2.05, 4.69) is 10.4 Å². The van der Waals surface area contributed by atoms with Crippen molar-refractivity contribution >= 4 is 12.2 Å². The average Bonchev–Trinajstić information content (AvgIpc) is 2.85. The maximum atomic E-state index is 12.0. The second-order valence-electron chi connectivity index (χ2n) is 5.11. The SMILES string of the molecule is Cc1cc(C)n(-c2ccc(C(=O)NC(C=O)CCO)cc2)n1. The van der Waals surface area contributed by atoms with Crippen LogP contribution >= 0.6 is 0 Å². The molecular weight excluding hydrogens is 282 g/mol. The third-order valence-electron chi connectivity index (χ3n) is 3.30. The summed E-state index contributed by atoms with van der Waals surface area (Å²) in [5, 5.41) is 15.8. The van der Waals surface area contributed by atoms with E-state index >= 15 is 0 Å². The van der Waals surface area contributed by atoms with E-state index in [0.29, 0.717) is 11.8 Å². The van der Waals surface area contributed by atoms with E-state index in [-0.39, 0.29) is 18.9 Å². The van der Waals surface area contributed by atoms with Gasteiger partial charge in [-0.1, -0.05) is 0 Å². The number of carbonyl (C=O) groups excluding carboxylic acids is 2. The van der Waals surface area contributed by atoms with Crippen molar-refractivity contribution in [3.63, 3.8) is 0 Å². The van der Waals surface area contributed by atoms with Crippen molar-refractivity contribution in [1.29, 1.82) is 0 Å². The number of rotatable bonds is 6. The first-order valence-corrected chi connectivity index (χ1v) is 7.06. The van der Waals surface area contributed by atoms with Crippen LogP contribution in [0.1, 0.15) is 28.2 Å². The highest BCUT2D eigenvalue weighted by atomic mass is 16.3. The summed E-state index contributed by atoms with van der Waals surface area (Å²) in [4.78, 5) is 22.8. The highest BCUT2D eigenvalue weighted by molar-refractivity contribution is 5.95. The minimum absolute atomic E-state index is 0.152. The molecule has 0 saturated heterocycles. The van der Waals surface area contributed by atoms with Crippen LogP contribution in [0.2, 0.25) is 0 Å². The zero-order chi connectivity index (χ0) is 16.1. The maximum Gasteiger partial charge on any atom is 0.251 e. The first kappa shape index (κ1) is 15.9. The Morgan fingerprint density at radius 2 is 2.05 bits per heavy atom. The lowest BCUT2D eigenvalue weighted by molar-refractivity contribution is -0.109. The van der Waals surface area contributed by atoms with Crippen molar-refractivity contribution in [3.8, 4) is 5.69 Å². The minimum atomic E-state index is -0.673. The molecule has 0 aliphatic carbocycles. The summed E-state index contributed by atoms with van der Waals surface area (Å²) in [5.74, 6) is -0.342. The van der Waals surface area contributed by atoms with Crippen LogP contribution in [-0.2, 0) is 4.79 Å². The Bertz CT molecular complexity index is 662. The summed E-state index contributed by atoms with van der Waals surface area (Å²) in [7, 11) is 0. The van der Waals surface area contributed by atoms with Crippen molar-refractivity contribution < 1.29 is 14.7 Å². The van der Waals surface area contributed by atoms with Gasteiger partial charge in [0.05, 0.1) is 17.4 Å². The molecule has 6 nitrogen and oxygen atoms in total. The zero-order valence-electron chi connectivity index (χ0n) is 12.6. The number of amides is 1. The Morgan fingerprint density at radius 3 is 2.55 bits per heavy atom. The molecule has 2 rings (SSSR count). The molecule has 1 amide bonds. The Morgan fingerprint density at radius 1 is 1.36 bits per heavy atom. The molecule has 116 valence electrons. The molecule has 1 atom stereocenters. The van der Waals surface area contributed by atoms with Crippen molar-refractivity contribution in [2.24, 2.45) is 0 Å². The van der Waals surface area contributed by atoms with E-state index in [1.165, 1.54) is 0 Å². The standard InChI is InChI=1S/C16H19N3O3/c1-11-9-12(2)19(18-11)15-5-3-13(4-6-15)16(22)17-14(10-21)7-8-20/h3-6,9-10,14,20H,7-8H2,1-2H3,(H,17,22). The second-order valence-corrected chi connectivity index (χ2v) is 5.11. The lowest BCUT2D eigenvalue weighted by atomic mass is 10.1. The smallest absolute Gasteiger partial charge is 0.251 e. The van der Waals surface area contributed by atoms with Gasteiger partial charge in [-0.25, -0.2) is 4.68 Å². The number of aromatic nitrogens is 2. The van der Waals surface area contributed by atoms with Gasteiger partial charge >= 0.3 is 0 Å². The molecule has 22 heavy (non-hydrogen) atoms. The van der Waals surface area contributed by atoms with E-state index < -0.39 is 6.04 Å². The van der Waals surface area contributed by atoms with Crippen LogP contribution in [0, 0.1) is 13.8 Å². The topological polar surface area (TPSA) is 84.2 Å². The fourth-order valence-corrected chi connectivity index (χ4v) is 2.21. The van der Waals surface area contributed by atoms with Crippen LogP contribution in [0.4, 0.5) is 0 Å². The molecule has 0 aliphatic rings. The molecule has 2 N–H and O–H groups in total. The summed E-state index contributed by atoms with van der Waals surface area (Å²) in [6.07, 6.45) is 0.831. The summed E-state index contributed by atoms with van der Waals surface area (Å²) in [6.45, 7) is 3.73. The van der Waals surface area contributed by atoms with Gasteiger partial charge in [-0.05, 0) is 50.6 Å². The van der Waals surface area contributed by atoms with E-state index in [1.54, 1.807) is 28.9 Å². The van der Waals surface area contributed by atoms with Gasteiger partial charge < -0.3 is 15.2 Å². The largest absolute Gasteiger partial charge is 0.396 e. The molecule has 0 fully saturated rings. The molecular formula is C16H19N3O3. The van der Waals surface area contributed by atoms with E-state index in [0.717, 1.165) is 17.1 Å². The minimum Gasteiger partial charge on any atom is -0.396 e. The van der Waals surface area contributed by atoms with Crippen LogP contribution in [0.25, 0.3) is 5.69 Å². The number of aliphatic hydroxyl groups is 1. The van der Waals surface area contributed by atoms with Gasteiger partial charge in [-0.2, -0.15) is 5.10 Å². The summed E-state index contributed by atoms with van der Waals surface area (Å²) in [6, 6.07) is 8.27. The number of aryl methyl sites for hydroxylation is 2. The van der Waals surface area contributed by atoms with Crippen LogP contribution in [0.15, 0.2) is 30.3 Å². The Balaban J connectivity index is 2.13. The molecule has 1 unspecified atom stereocenters. The highest BCUT2D eigenvalue weighted by Gasteiger charge is 2.13. The Labute approximate surface area is 128 Å². The van der Waals surface area contributed by atoms with Crippen molar-refractivity contribution in [1.82, 2.24) is 15.1 Å². The van der Waals surface area contributed by atoms with Crippen LogP contribution < -0.4 is 5.32 Å². The highest BCUT2D eigenvalue weighted by Crippen LogP contribution is 2.13. The van der Waals surface area contributed by atoms with Gasteiger partial charge in [0.15, 0.2) is 0 Å². The number of aldehydes is 1. The molecule has 0 aliphatic heterocycles. The van der Waals surface area contributed by atoms with Gasteiger partial charge in [0.1, 0.15) is 6.29 Å². The predicted octanol–water partition coefficient (Wildman–Crippen LogP) is 1.17. The normalized spacial score (nSPS) is 12.0. The van der Waals surface area contributed by atoms with E-state index in [9.17, 15) is 9.59 Å². The third-order valence-corrected chi connectivity index (χ3v) is 3.30. The number of carbonyl (C=O) groups is 2. The molecule has 2 aromatic rings. The molecule has 0 saturated carbocycles. The Kier molecular flexibility index (Phi) is 5.06. The average molecular weight is 301 g/mol.